The second kappa shape index (κ2) is 15.3. The number of phenols is 1. The van der Waals surface area contributed by atoms with E-state index >= 15 is 0 Å². The van der Waals surface area contributed by atoms with Crippen LogP contribution in [-0.2, 0) is 32.3 Å². The van der Waals surface area contributed by atoms with E-state index in [9.17, 15) is 24.3 Å². The fraction of sp³-hybridized carbons (Fsp3) is 0.478. The van der Waals surface area contributed by atoms with E-state index in [1.54, 1.807) is 15.9 Å². The number of carbonyl (C=O) groups is 4. The summed E-state index contributed by atoms with van der Waals surface area (Å²) in [7, 11) is 0. The minimum absolute atomic E-state index is 0.0348. The number of nitrogens with zero attached hydrogens (tertiary/aromatic N) is 4. The van der Waals surface area contributed by atoms with Gasteiger partial charge in [-0.2, -0.15) is 0 Å². The molecule has 4 saturated heterocycles. The third kappa shape index (κ3) is 6.44. The first-order valence-corrected chi connectivity index (χ1v) is 20.7. The summed E-state index contributed by atoms with van der Waals surface area (Å²) in [5.41, 5.74) is 3.93. The van der Waals surface area contributed by atoms with Crippen LogP contribution in [0.15, 0.2) is 90.5 Å². The van der Waals surface area contributed by atoms with Crippen molar-refractivity contribution in [2.75, 3.05) is 32.8 Å². The van der Waals surface area contributed by atoms with E-state index in [1.807, 2.05) is 55.5 Å². The number of likely N-dealkylation sites (tertiary alicyclic amines) is 4. The molecule has 5 fully saturated rings. The molecule has 0 unspecified atom stereocenters. The number of imide groups is 2. The Hall–Kier alpha value is -4.80. The van der Waals surface area contributed by atoms with Gasteiger partial charge >= 0.3 is 0 Å². The lowest BCUT2D eigenvalue weighted by molar-refractivity contribution is -0.146. The number of piperidine rings is 2. The molecule has 0 aromatic heterocycles. The van der Waals surface area contributed by atoms with Gasteiger partial charge in [0.1, 0.15) is 0 Å². The van der Waals surface area contributed by atoms with E-state index in [-0.39, 0.29) is 47.4 Å². The lowest BCUT2D eigenvalue weighted by Crippen LogP contribution is -2.48. The third-order valence-corrected chi connectivity index (χ3v) is 13.7. The fourth-order valence-electron chi connectivity index (χ4n) is 11.1. The average molecular weight is 757 g/mol. The Morgan fingerprint density at radius 2 is 1.16 bits per heavy atom. The Labute approximate surface area is 329 Å². The van der Waals surface area contributed by atoms with Gasteiger partial charge in [0, 0.05) is 62.8 Å². The van der Waals surface area contributed by atoms with Crippen LogP contribution >= 0.6 is 0 Å². The van der Waals surface area contributed by atoms with Gasteiger partial charge in [-0.25, -0.2) is 0 Å². The first-order chi connectivity index (χ1) is 27.3. The van der Waals surface area contributed by atoms with E-state index in [0.29, 0.717) is 43.6 Å². The van der Waals surface area contributed by atoms with E-state index < -0.39 is 29.6 Å². The molecule has 3 aromatic rings. The van der Waals surface area contributed by atoms with Crippen LogP contribution in [0.2, 0.25) is 0 Å². The predicted molar refractivity (Wildman–Crippen MR) is 210 cm³/mol. The first-order valence-electron chi connectivity index (χ1n) is 20.7. The van der Waals surface area contributed by atoms with Crippen molar-refractivity contribution in [1.29, 1.82) is 0 Å². The SMILES string of the molecule is CCOc1cccc([C@H]2C3=CC[C@@H]4C(=O)N(C5CCN(Cc6ccccc6)CC5)C(=O)[C@@H]4[C@@H]3C[C@H]3C(=O)N(C4CCN(Cc5ccccc5)CC4)C(=O)[C@@H]23)c1O. The average Bonchev–Trinajstić information content (AvgIpc) is 3.63. The monoisotopic (exact) mass is 756 g/mol. The molecule has 3 aromatic carbocycles. The molecule has 4 amide bonds. The molecule has 1 saturated carbocycles. The van der Waals surface area contributed by atoms with E-state index in [2.05, 4.69) is 40.1 Å². The van der Waals surface area contributed by atoms with Gasteiger partial charge < -0.3 is 9.84 Å². The lowest BCUT2D eigenvalue weighted by atomic mass is 9.57. The normalized spacial score (nSPS) is 29.0. The second-order valence-electron chi connectivity index (χ2n) is 16.7. The summed E-state index contributed by atoms with van der Waals surface area (Å²) in [5.74, 6) is -3.75. The number of hydrogen-bond donors (Lipinski definition) is 1. The van der Waals surface area contributed by atoms with Crippen LogP contribution in [0.5, 0.6) is 11.5 Å². The number of rotatable bonds is 9. The summed E-state index contributed by atoms with van der Waals surface area (Å²) in [6.07, 6.45) is 5.66. The Kier molecular flexibility index (Phi) is 10.0. The summed E-state index contributed by atoms with van der Waals surface area (Å²) < 4.78 is 5.81. The maximum Gasteiger partial charge on any atom is 0.234 e. The highest BCUT2D eigenvalue weighted by Gasteiger charge is 2.63. The van der Waals surface area contributed by atoms with Gasteiger partial charge in [0.05, 0.1) is 30.3 Å². The number of amides is 4. The van der Waals surface area contributed by atoms with Crippen LogP contribution in [0.3, 0.4) is 0 Å². The standard InChI is InChI=1S/C46H52N4O6/c1-2-56-38-15-9-14-34(42(38)51)39-33-16-17-35-40(45(54)49(43(35)52)31-18-22-47(23-19-31)27-29-10-5-3-6-11-29)36(33)26-37-41(39)46(55)50(44(37)53)32-20-24-48(25-21-32)28-30-12-7-4-8-13-30/h3-16,31-32,35-37,39-41,51H,2,17-28H2,1H3/t35-,36+,37+,39+,40-,41+/m0/s1. The van der Waals surface area contributed by atoms with Gasteiger partial charge in [0.2, 0.25) is 23.6 Å². The second-order valence-corrected chi connectivity index (χ2v) is 16.7. The fourth-order valence-corrected chi connectivity index (χ4v) is 11.1. The zero-order valence-corrected chi connectivity index (χ0v) is 32.2. The minimum Gasteiger partial charge on any atom is -0.504 e. The number of phenolic OH excluding ortho intramolecular Hbond substituents is 1. The van der Waals surface area contributed by atoms with Crippen molar-refractivity contribution in [2.24, 2.45) is 29.6 Å². The van der Waals surface area contributed by atoms with Crippen molar-refractivity contribution >= 4 is 23.6 Å². The third-order valence-electron chi connectivity index (χ3n) is 13.7. The zero-order chi connectivity index (χ0) is 38.5. The molecule has 4 heterocycles. The summed E-state index contributed by atoms with van der Waals surface area (Å²) in [4.78, 5) is 66.2. The van der Waals surface area contributed by atoms with Gasteiger partial charge in [0.15, 0.2) is 11.5 Å². The van der Waals surface area contributed by atoms with Gasteiger partial charge in [-0.15, -0.1) is 0 Å². The number of aromatic hydroxyl groups is 1. The Balaban J connectivity index is 0.983. The number of allylic oxidation sites excluding steroid dienone is 2. The molecule has 292 valence electrons. The molecule has 10 heteroatoms. The van der Waals surface area contributed by atoms with Crippen LogP contribution in [0.1, 0.15) is 68.1 Å². The van der Waals surface area contributed by atoms with E-state index in [1.165, 1.54) is 11.1 Å². The molecule has 6 aliphatic rings. The predicted octanol–water partition coefficient (Wildman–Crippen LogP) is 5.76. The minimum atomic E-state index is -0.705. The summed E-state index contributed by atoms with van der Waals surface area (Å²) in [6, 6.07) is 25.7. The van der Waals surface area contributed by atoms with Gasteiger partial charge in [0.25, 0.3) is 0 Å². The highest BCUT2D eigenvalue weighted by atomic mass is 16.5. The van der Waals surface area contributed by atoms with Crippen LogP contribution < -0.4 is 4.74 Å². The summed E-state index contributed by atoms with van der Waals surface area (Å²) in [5, 5.41) is 11.7. The highest BCUT2D eigenvalue weighted by Crippen LogP contribution is 2.60. The maximum absolute atomic E-state index is 14.8. The molecule has 56 heavy (non-hydrogen) atoms. The van der Waals surface area contributed by atoms with Gasteiger partial charge in [-0.3, -0.25) is 38.8 Å². The molecule has 1 N–H and O–H groups in total. The van der Waals surface area contributed by atoms with E-state index in [0.717, 1.165) is 57.7 Å². The Morgan fingerprint density at radius 3 is 1.71 bits per heavy atom. The maximum atomic E-state index is 14.8. The van der Waals surface area contributed by atoms with Crippen LogP contribution in [0.4, 0.5) is 0 Å². The largest absolute Gasteiger partial charge is 0.504 e. The lowest BCUT2D eigenvalue weighted by Gasteiger charge is -2.44. The molecular weight excluding hydrogens is 705 g/mol. The van der Waals surface area contributed by atoms with Gasteiger partial charge in [-0.05, 0) is 68.6 Å². The summed E-state index contributed by atoms with van der Waals surface area (Å²) in [6.45, 7) is 7.04. The van der Waals surface area contributed by atoms with E-state index in [4.69, 9.17) is 4.74 Å². The zero-order valence-electron chi connectivity index (χ0n) is 32.2. The van der Waals surface area contributed by atoms with Crippen LogP contribution in [-0.4, -0.2) is 93.2 Å². The molecule has 0 radical (unpaired) electrons. The van der Waals surface area contributed by atoms with Crippen LogP contribution in [0.25, 0.3) is 0 Å². The first kappa shape index (κ1) is 36.8. The topological polar surface area (TPSA) is 111 Å². The quantitative estimate of drug-likeness (QED) is 0.217. The molecular formula is C46H52N4O6. The van der Waals surface area contributed by atoms with Crippen molar-refractivity contribution in [3.8, 4) is 11.5 Å². The van der Waals surface area contributed by atoms with Crippen molar-refractivity contribution in [2.45, 2.75) is 76.5 Å². The Bertz CT molecular complexity index is 2000. The van der Waals surface area contributed by atoms with Crippen molar-refractivity contribution in [1.82, 2.24) is 19.6 Å². The molecule has 6 atom stereocenters. The van der Waals surface area contributed by atoms with Crippen molar-refractivity contribution in [3.05, 3.63) is 107 Å². The molecule has 0 bridgehead atoms. The number of para-hydroxylation sites is 1. The summed E-state index contributed by atoms with van der Waals surface area (Å²) >= 11 is 0. The van der Waals surface area contributed by atoms with Gasteiger partial charge in [-0.1, -0.05) is 84.4 Å². The number of fused-ring (bicyclic) bond motifs is 4. The molecule has 2 aliphatic carbocycles. The van der Waals surface area contributed by atoms with Crippen molar-refractivity contribution < 1.29 is 29.0 Å². The van der Waals surface area contributed by atoms with Crippen molar-refractivity contribution in [3.63, 3.8) is 0 Å². The highest BCUT2D eigenvalue weighted by molar-refractivity contribution is 6.08. The Morgan fingerprint density at radius 1 is 0.625 bits per heavy atom. The number of carbonyl (C=O) groups excluding carboxylic acids is 4. The molecule has 0 spiro atoms. The molecule has 9 rings (SSSR count). The molecule has 10 nitrogen and oxygen atoms in total. The number of ether oxygens (including phenoxy) is 1. The smallest absolute Gasteiger partial charge is 0.234 e. The van der Waals surface area contributed by atoms with Crippen LogP contribution in [0, 0.1) is 29.6 Å². The number of hydrogen-bond acceptors (Lipinski definition) is 8. The molecule has 4 aliphatic heterocycles. The number of benzene rings is 3.